The zero-order valence-corrected chi connectivity index (χ0v) is 14.5. The molecule has 1 aliphatic rings. The Balaban J connectivity index is 1.74. The second-order valence-corrected chi connectivity index (χ2v) is 6.98. The number of benzene rings is 1. The van der Waals surface area contributed by atoms with Gasteiger partial charge in [-0.2, -0.15) is 0 Å². The summed E-state index contributed by atoms with van der Waals surface area (Å²) in [6.45, 7) is 0.467. The van der Waals surface area contributed by atoms with Crippen LogP contribution in [-0.2, 0) is 17.6 Å². The maximum absolute atomic E-state index is 13.1. The van der Waals surface area contributed by atoms with Gasteiger partial charge < -0.3 is 15.1 Å². The number of aliphatic hydroxyl groups is 2. The van der Waals surface area contributed by atoms with Crippen LogP contribution in [0.15, 0.2) is 48.8 Å². The van der Waals surface area contributed by atoms with E-state index in [1.165, 1.54) is 12.1 Å². The van der Waals surface area contributed by atoms with Crippen molar-refractivity contribution in [2.75, 3.05) is 19.7 Å². The van der Waals surface area contributed by atoms with E-state index in [-0.39, 0.29) is 31.3 Å². The third-order valence-corrected chi connectivity index (χ3v) is 5.10. The number of hydrogen-bond acceptors (Lipinski definition) is 4. The molecule has 3 rings (SSSR count). The van der Waals surface area contributed by atoms with Gasteiger partial charge in [0, 0.05) is 30.9 Å². The Hall–Kier alpha value is -2.31. The van der Waals surface area contributed by atoms with E-state index < -0.39 is 11.5 Å². The topological polar surface area (TPSA) is 73.7 Å². The average molecular weight is 358 g/mol. The number of carbonyl (C=O) groups is 1. The maximum Gasteiger partial charge on any atom is 0.227 e. The maximum atomic E-state index is 13.1. The van der Waals surface area contributed by atoms with Gasteiger partial charge >= 0.3 is 0 Å². The summed E-state index contributed by atoms with van der Waals surface area (Å²) in [6, 6.07) is 9.66. The van der Waals surface area contributed by atoms with E-state index in [9.17, 15) is 19.4 Å². The number of nitrogens with zero attached hydrogens (tertiary/aromatic N) is 2. The van der Waals surface area contributed by atoms with Crippen molar-refractivity contribution in [3.8, 4) is 0 Å². The molecule has 1 fully saturated rings. The first-order chi connectivity index (χ1) is 12.5. The highest BCUT2D eigenvalue weighted by Crippen LogP contribution is 2.34. The number of hydrogen-bond donors (Lipinski definition) is 2. The van der Waals surface area contributed by atoms with E-state index in [1.54, 1.807) is 35.5 Å². The standard InChI is InChI=1S/C20H23FN2O3/c21-17-5-3-15(4-6-17)11-20(14-24)13-23(9-7-18(20)25)19(26)10-16-2-1-8-22-12-16/h1-6,8,12,18,24-25H,7,9-11,13-14H2/t18-,20-/m0/s1. The van der Waals surface area contributed by atoms with Gasteiger partial charge in [-0.1, -0.05) is 18.2 Å². The molecule has 1 aromatic heterocycles. The average Bonchev–Trinajstić information content (AvgIpc) is 2.66. The number of carbonyl (C=O) groups excluding carboxylic acids is 1. The number of halogens is 1. The molecule has 5 nitrogen and oxygen atoms in total. The van der Waals surface area contributed by atoms with Gasteiger partial charge in [-0.3, -0.25) is 9.78 Å². The molecule has 0 aliphatic carbocycles. The molecular weight excluding hydrogens is 335 g/mol. The van der Waals surface area contributed by atoms with Gasteiger partial charge in [-0.15, -0.1) is 0 Å². The van der Waals surface area contributed by atoms with Crippen LogP contribution in [0.2, 0.25) is 0 Å². The first-order valence-electron chi connectivity index (χ1n) is 8.72. The normalized spacial score (nSPS) is 23.0. The van der Waals surface area contributed by atoms with Crippen LogP contribution in [0.3, 0.4) is 0 Å². The highest BCUT2D eigenvalue weighted by atomic mass is 19.1. The lowest BCUT2D eigenvalue weighted by Gasteiger charge is -2.45. The van der Waals surface area contributed by atoms with Crippen LogP contribution in [0, 0.1) is 11.2 Å². The van der Waals surface area contributed by atoms with Crippen molar-refractivity contribution in [2.45, 2.75) is 25.4 Å². The van der Waals surface area contributed by atoms with Gasteiger partial charge in [-0.05, 0) is 42.2 Å². The zero-order valence-electron chi connectivity index (χ0n) is 14.5. The summed E-state index contributed by atoms with van der Waals surface area (Å²) >= 11 is 0. The van der Waals surface area contributed by atoms with Gasteiger partial charge in [0.25, 0.3) is 0 Å². The van der Waals surface area contributed by atoms with Crippen LogP contribution in [0.25, 0.3) is 0 Å². The van der Waals surface area contributed by atoms with E-state index in [1.807, 2.05) is 6.07 Å². The second-order valence-electron chi connectivity index (χ2n) is 6.98. The largest absolute Gasteiger partial charge is 0.396 e. The summed E-state index contributed by atoms with van der Waals surface area (Å²) in [6.07, 6.45) is 3.61. The number of amides is 1. The molecule has 2 atom stereocenters. The Bertz CT molecular complexity index is 738. The van der Waals surface area contributed by atoms with E-state index in [0.29, 0.717) is 19.4 Å². The minimum absolute atomic E-state index is 0.0539. The monoisotopic (exact) mass is 358 g/mol. The lowest BCUT2D eigenvalue weighted by atomic mass is 9.73. The molecule has 0 saturated carbocycles. The molecule has 0 unspecified atom stereocenters. The number of aromatic nitrogens is 1. The van der Waals surface area contributed by atoms with Crippen molar-refractivity contribution < 1.29 is 19.4 Å². The SMILES string of the molecule is O=C(Cc1cccnc1)N1CC[C@H](O)[C@@](CO)(Cc2ccc(F)cc2)C1. The predicted octanol–water partition coefficient (Wildman–Crippen LogP) is 1.58. The minimum Gasteiger partial charge on any atom is -0.396 e. The van der Waals surface area contributed by atoms with Crippen molar-refractivity contribution >= 4 is 5.91 Å². The fourth-order valence-corrected chi connectivity index (χ4v) is 3.54. The number of pyridine rings is 1. The van der Waals surface area contributed by atoms with Crippen LogP contribution in [-0.4, -0.2) is 51.8 Å². The summed E-state index contributed by atoms with van der Waals surface area (Å²) < 4.78 is 13.1. The van der Waals surface area contributed by atoms with Crippen LogP contribution < -0.4 is 0 Å². The van der Waals surface area contributed by atoms with Crippen molar-refractivity contribution in [3.63, 3.8) is 0 Å². The Labute approximate surface area is 152 Å². The van der Waals surface area contributed by atoms with E-state index in [4.69, 9.17) is 0 Å². The molecule has 1 aliphatic heterocycles. The van der Waals surface area contributed by atoms with Gasteiger partial charge in [-0.25, -0.2) is 4.39 Å². The van der Waals surface area contributed by atoms with Crippen LogP contribution in [0.5, 0.6) is 0 Å². The number of aliphatic hydroxyl groups excluding tert-OH is 2. The first kappa shape index (κ1) is 18.5. The Morgan fingerprint density at radius 3 is 2.69 bits per heavy atom. The van der Waals surface area contributed by atoms with Crippen LogP contribution >= 0.6 is 0 Å². The molecule has 1 saturated heterocycles. The zero-order chi connectivity index (χ0) is 18.6. The molecule has 1 amide bonds. The molecule has 6 heteroatoms. The van der Waals surface area contributed by atoms with Crippen LogP contribution in [0.4, 0.5) is 4.39 Å². The molecule has 1 aromatic carbocycles. The lowest BCUT2D eigenvalue weighted by Crippen LogP contribution is -2.56. The smallest absolute Gasteiger partial charge is 0.227 e. The van der Waals surface area contributed by atoms with E-state index in [2.05, 4.69) is 4.98 Å². The van der Waals surface area contributed by atoms with Gasteiger partial charge in [0.2, 0.25) is 5.91 Å². The second kappa shape index (κ2) is 7.93. The van der Waals surface area contributed by atoms with Crippen molar-refractivity contribution in [2.24, 2.45) is 5.41 Å². The quantitative estimate of drug-likeness (QED) is 0.851. The third kappa shape index (κ3) is 4.08. The molecular formula is C20H23FN2O3. The van der Waals surface area contributed by atoms with Crippen LogP contribution in [0.1, 0.15) is 17.5 Å². The van der Waals surface area contributed by atoms with Gasteiger partial charge in [0.1, 0.15) is 5.82 Å². The summed E-state index contributed by atoms with van der Waals surface area (Å²) in [5.41, 5.74) is 0.804. The summed E-state index contributed by atoms with van der Waals surface area (Å²) in [5, 5.41) is 20.6. The molecule has 0 bridgehead atoms. The molecule has 138 valence electrons. The third-order valence-electron chi connectivity index (χ3n) is 5.10. The molecule has 2 aromatic rings. The first-order valence-corrected chi connectivity index (χ1v) is 8.72. The van der Waals surface area contributed by atoms with Gasteiger partial charge in [0.05, 0.1) is 19.1 Å². The van der Waals surface area contributed by atoms with Crippen molar-refractivity contribution in [3.05, 3.63) is 65.7 Å². The fourth-order valence-electron chi connectivity index (χ4n) is 3.54. The van der Waals surface area contributed by atoms with Crippen molar-refractivity contribution in [1.82, 2.24) is 9.88 Å². The van der Waals surface area contributed by atoms with Gasteiger partial charge in [0.15, 0.2) is 0 Å². The highest BCUT2D eigenvalue weighted by molar-refractivity contribution is 5.78. The fraction of sp³-hybridized carbons (Fsp3) is 0.400. The molecule has 2 heterocycles. The molecule has 0 radical (unpaired) electrons. The summed E-state index contributed by atoms with van der Waals surface area (Å²) in [5.74, 6) is -0.383. The summed E-state index contributed by atoms with van der Waals surface area (Å²) in [4.78, 5) is 18.4. The molecule has 0 spiro atoms. The van der Waals surface area contributed by atoms with E-state index >= 15 is 0 Å². The minimum atomic E-state index is -0.847. The lowest BCUT2D eigenvalue weighted by molar-refractivity contribution is -0.141. The Morgan fingerprint density at radius 1 is 1.27 bits per heavy atom. The predicted molar refractivity (Wildman–Crippen MR) is 94.8 cm³/mol. The van der Waals surface area contributed by atoms with Crippen molar-refractivity contribution in [1.29, 1.82) is 0 Å². The van der Waals surface area contributed by atoms with E-state index in [0.717, 1.165) is 11.1 Å². The number of likely N-dealkylation sites (tertiary alicyclic amines) is 1. The Kier molecular flexibility index (Phi) is 5.64. The highest BCUT2D eigenvalue weighted by Gasteiger charge is 2.43. The Morgan fingerprint density at radius 2 is 2.04 bits per heavy atom. The molecule has 26 heavy (non-hydrogen) atoms. The summed E-state index contributed by atoms with van der Waals surface area (Å²) in [7, 11) is 0. The number of piperidine rings is 1. The molecule has 2 N–H and O–H groups in total. The number of rotatable bonds is 5.